The molecule has 1 heterocycles. The van der Waals surface area contributed by atoms with Gasteiger partial charge in [0.25, 0.3) is 0 Å². The molecule has 4 nitrogen and oxygen atoms in total. The summed E-state index contributed by atoms with van der Waals surface area (Å²) in [7, 11) is 0. The normalized spacial score (nSPS) is 35.8. The monoisotopic (exact) mass is 225 g/mol. The Kier molecular flexibility index (Phi) is 3.22. The summed E-state index contributed by atoms with van der Waals surface area (Å²) in [4.78, 5) is 14.2. The predicted molar refractivity (Wildman–Crippen MR) is 64.0 cm³/mol. The van der Waals surface area contributed by atoms with Gasteiger partial charge in [0.2, 0.25) is 5.91 Å². The van der Waals surface area contributed by atoms with E-state index in [1.807, 2.05) is 13.8 Å². The molecule has 2 aliphatic rings. The molecule has 0 aromatic carbocycles. The third-order valence-electron chi connectivity index (χ3n) is 4.04. The Labute approximate surface area is 97.6 Å². The van der Waals surface area contributed by atoms with Gasteiger partial charge in [-0.2, -0.15) is 0 Å². The summed E-state index contributed by atoms with van der Waals surface area (Å²) in [6.45, 7) is 5.76. The molecule has 0 aromatic rings. The maximum Gasteiger partial charge on any atom is 0.240 e. The highest BCUT2D eigenvalue weighted by Crippen LogP contribution is 2.29. The number of hydrogen-bond acceptors (Lipinski definition) is 3. The quantitative estimate of drug-likeness (QED) is 0.682. The highest BCUT2D eigenvalue weighted by molar-refractivity contribution is 5.86. The Bertz CT molecular complexity index is 277. The molecule has 2 fully saturated rings. The van der Waals surface area contributed by atoms with E-state index in [0.29, 0.717) is 12.1 Å². The zero-order chi connectivity index (χ0) is 11.8. The summed E-state index contributed by atoms with van der Waals surface area (Å²) in [5, 5.41) is 2.94. The van der Waals surface area contributed by atoms with Crippen LogP contribution in [-0.4, -0.2) is 41.5 Å². The molecule has 92 valence electrons. The standard InChI is InChI=1S/C12H23N3O/c1-12(2)11(16)14-6-7-15(12)10-5-3-4-9(13)8-10/h9-10H,3-8,13H2,1-2H3,(H,14,16). The van der Waals surface area contributed by atoms with Gasteiger partial charge in [0.05, 0.1) is 5.54 Å². The van der Waals surface area contributed by atoms with Crippen molar-refractivity contribution in [1.29, 1.82) is 0 Å². The Hall–Kier alpha value is -0.610. The van der Waals surface area contributed by atoms with Gasteiger partial charge < -0.3 is 11.1 Å². The van der Waals surface area contributed by atoms with Gasteiger partial charge in [-0.15, -0.1) is 0 Å². The van der Waals surface area contributed by atoms with E-state index < -0.39 is 0 Å². The van der Waals surface area contributed by atoms with Gasteiger partial charge in [0, 0.05) is 25.2 Å². The minimum Gasteiger partial charge on any atom is -0.353 e. The fourth-order valence-corrected chi connectivity index (χ4v) is 3.04. The van der Waals surface area contributed by atoms with Crippen molar-refractivity contribution in [2.45, 2.75) is 57.2 Å². The molecule has 2 unspecified atom stereocenters. The van der Waals surface area contributed by atoms with Crippen LogP contribution in [0.3, 0.4) is 0 Å². The number of hydrogen-bond donors (Lipinski definition) is 2. The van der Waals surface area contributed by atoms with E-state index in [-0.39, 0.29) is 11.4 Å². The number of nitrogens with two attached hydrogens (primary N) is 1. The van der Waals surface area contributed by atoms with Crippen LogP contribution < -0.4 is 11.1 Å². The van der Waals surface area contributed by atoms with Crippen molar-refractivity contribution in [3.8, 4) is 0 Å². The van der Waals surface area contributed by atoms with Crippen molar-refractivity contribution in [3.63, 3.8) is 0 Å². The van der Waals surface area contributed by atoms with E-state index in [1.165, 1.54) is 12.8 Å². The molecule has 16 heavy (non-hydrogen) atoms. The molecule has 0 radical (unpaired) electrons. The SMILES string of the molecule is CC1(C)C(=O)NCCN1C1CCCC(N)C1. The van der Waals surface area contributed by atoms with Crippen molar-refractivity contribution in [1.82, 2.24) is 10.2 Å². The molecule has 0 spiro atoms. The van der Waals surface area contributed by atoms with E-state index in [9.17, 15) is 4.79 Å². The third kappa shape index (κ3) is 2.09. The van der Waals surface area contributed by atoms with Gasteiger partial charge in [0.1, 0.15) is 0 Å². The minimum atomic E-state index is -0.375. The van der Waals surface area contributed by atoms with Crippen LogP contribution in [0.25, 0.3) is 0 Å². The molecule has 0 aromatic heterocycles. The van der Waals surface area contributed by atoms with Crippen molar-refractivity contribution in [3.05, 3.63) is 0 Å². The first-order valence-corrected chi connectivity index (χ1v) is 6.32. The second-order valence-electron chi connectivity index (χ2n) is 5.59. The molecule has 1 amide bonds. The van der Waals surface area contributed by atoms with E-state index in [0.717, 1.165) is 25.9 Å². The van der Waals surface area contributed by atoms with Gasteiger partial charge in [-0.1, -0.05) is 6.42 Å². The summed E-state index contributed by atoms with van der Waals surface area (Å²) in [6.07, 6.45) is 4.55. The van der Waals surface area contributed by atoms with Crippen LogP contribution >= 0.6 is 0 Å². The van der Waals surface area contributed by atoms with Gasteiger partial charge >= 0.3 is 0 Å². The number of carbonyl (C=O) groups excluding carboxylic acids is 1. The molecular weight excluding hydrogens is 202 g/mol. The Morgan fingerprint density at radius 3 is 2.88 bits per heavy atom. The summed E-state index contributed by atoms with van der Waals surface area (Å²) in [5.74, 6) is 0.151. The fourth-order valence-electron chi connectivity index (χ4n) is 3.04. The molecule has 1 aliphatic heterocycles. The summed E-state index contributed by atoms with van der Waals surface area (Å²) < 4.78 is 0. The summed E-state index contributed by atoms with van der Waals surface area (Å²) in [6, 6.07) is 0.810. The van der Waals surface area contributed by atoms with Gasteiger partial charge in [-0.05, 0) is 33.1 Å². The van der Waals surface area contributed by atoms with Crippen LogP contribution in [-0.2, 0) is 4.79 Å². The largest absolute Gasteiger partial charge is 0.353 e. The van der Waals surface area contributed by atoms with Crippen LogP contribution in [0, 0.1) is 0 Å². The van der Waals surface area contributed by atoms with Crippen LogP contribution in [0.5, 0.6) is 0 Å². The molecule has 1 saturated carbocycles. The average Bonchev–Trinajstić information content (AvgIpc) is 2.22. The van der Waals surface area contributed by atoms with E-state index in [4.69, 9.17) is 5.73 Å². The lowest BCUT2D eigenvalue weighted by Gasteiger charge is -2.47. The molecule has 4 heteroatoms. The van der Waals surface area contributed by atoms with Crippen molar-refractivity contribution >= 4 is 5.91 Å². The van der Waals surface area contributed by atoms with Gasteiger partial charge in [-0.25, -0.2) is 0 Å². The molecule has 3 N–H and O–H groups in total. The van der Waals surface area contributed by atoms with Crippen LogP contribution in [0.15, 0.2) is 0 Å². The number of nitrogens with one attached hydrogen (secondary N) is 1. The fraction of sp³-hybridized carbons (Fsp3) is 0.917. The van der Waals surface area contributed by atoms with Crippen molar-refractivity contribution in [2.24, 2.45) is 5.73 Å². The highest BCUT2D eigenvalue weighted by Gasteiger charge is 2.41. The number of carbonyl (C=O) groups is 1. The Morgan fingerprint density at radius 2 is 2.19 bits per heavy atom. The summed E-state index contributed by atoms with van der Waals surface area (Å²) >= 11 is 0. The number of rotatable bonds is 1. The molecule has 1 saturated heterocycles. The minimum absolute atomic E-state index is 0.151. The Morgan fingerprint density at radius 1 is 1.44 bits per heavy atom. The van der Waals surface area contributed by atoms with Gasteiger partial charge in [-0.3, -0.25) is 9.69 Å². The second kappa shape index (κ2) is 4.34. The first kappa shape index (κ1) is 11.9. The van der Waals surface area contributed by atoms with E-state index in [2.05, 4.69) is 10.2 Å². The smallest absolute Gasteiger partial charge is 0.240 e. The average molecular weight is 225 g/mol. The number of nitrogens with zero attached hydrogens (tertiary/aromatic N) is 1. The number of piperazine rings is 1. The molecular formula is C12H23N3O. The van der Waals surface area contributed by atoms with E-state index in [1.54, 1.807) is 0 Å². The van der Waals surface area contributed by atoms with Crippen LogP contribution in [0.4, 0.5) is 0 Å². The first-order chi connectivity index (χ1) is 7.51. The maximum absolute atomic E-state index is 11.9. The van der Waals surface area contributed by atoms with Crippen LogP contribution in [0.2, 0.25) is 0 Å². The lowest BCUT2D eigenvalue weighted by atomic mass is 9.86. The lowest BCUT2D eigenvalue weighted by Crippen LogP contribution is -2.65. The third-order valence-corrected chi connectivity index (χ3v) is 4.04. The predicted octanol–water partition coefficient (Wildman–Crippen LogP) is 0.467. The zero-order valence-electron chi connectivity index (χ0n) is 10.3. The van der Waals surface area contributed by atoms with E-state index >= 15 is 0 Å². The molecule has 2 rings (SSSR count). The lowest BCUT2D eigenvalue weighted by molar-refractivity contribution is -0.137. The van der Waals surface area contributed by atoms with Crippen LogP contribution in [0.1, 0.15) is 39.5 Å². The first-order valence-electron chi connectivity index (χ1n) is 6.32. The van der Waals surface area contributed by atoms with Crippen molar-refractivity contribution < 1.29 is 4.79 Å². The molecule has 1 aliphatic carbocycles. The van der Waals surface area contributed by atoms with Crippen molar-refractivity contribution in [2.75, 3.05) is 13.1 Å². The number of amides is 1. The Balaban J connectivity index is 2.09. The highest BCUT2D eigenvalue weighted by atomic mass is 16.2. The molecule has 0 bridgehead atoms. The summed E-state index contributed by atoms with van der Waals surface area (Å²) in [5.41, 5.74) is 5.65. The zero-order valence-corrected chi connectivity index (χ0v) is 10.3. The maximum atomic E-state index is 11.9. The second-order valence-corrected chi connectivity index (χ2v) is 5.59. The van der Waals surface area contributed by atoms with Gasteiger partial charge in [0.15, 0.2) is 0 Å². The molecule has 2 atom stereocenters. The topological polar surface area (TPSA) is 58.4 Å².